The number of hydrogen-bond acceptors (Lipinski definition) is 5. The number of anilines is 1. The Hall–Kier alpha value is -2.15. The molecule has 0 saturated carbocycles. The molecule has 0 bridgehead atoms. The Bertz CT molecular complexity index is 576. The number of pyridine rings is 1. The zero-order valence-corrected chi connectivity index (χ0v) is 9.55. The van der Waals surface area contributed by atoms with Crippen LogP contribution >= 0.6 is 11.6 Å². The second kappa shape index (κ2) is 4.02. The first-order valence-corrected chi connectivity index (χ1v) is 4.99. The Morgan fingerprint density at radius 3 is 2.76 bits per heavy atom. The lowest BCUT2D eigenvalue weighted by Gasteiger charge is -2.01. The molecule has 0 spiro atoms. The van der Waals surface area contributed by atoms with Crippen molar-refractivity contribution in [3.63, 3.8) is 0 Å². The van der Waals surface area contributed by atoms with Crippen LogP contribution in [0.1, 0.15) is 5.69 Å². The molecular formula is C9H8ClN5O2. The molecule has 0 aromatic carbocycles. The van der Waals surface area contributed by atoms with Crippen LogP contribution in [0.2, 0.25) is 5.02 Å². The predicted molar refractivity (Wildman–Crippen MR) is 62.2 cm³/mol. The van der Waals surface area contributed by atoms with Crippen molar-refractivity contribution in [2.75, 3.05) is 5.73 Å². The number of aryl methyl sites for hydroxylation is 1. The molecule has 0 saturated heterocycles. The fourth-order valence-electron chi connectivity index (χ4n) is 1.30. The lowest BCUT2D eigenvalue weighted by Crippen LogP contribution is -2.03. The first-order chi connectivity index (χ1) is 7.97. The van der Waals surface area contributed by atoms with Crippen molar-refractivity contribution < 1.29 is 4.92 Å². The van der Waals surface area contributed by atoms with Crippen molar-refractivity contribution in [2.24, 2.45) is 0 Å². The third kappa shape index (κ3) is 2.18. The summed E-state index contributed by atoms with van der Waals surface area (Å²) >= 11 is 5.85. The van der Waals surface area contributed by atoms with Gasteiger partial charge in [0, 0.05) is 0 Å². The van der Waals surface area contributed by atoms with E-state index in [2.05, 4.69) is 10.1 Å². The summed E-state index contributed by atoms with van der Waals surface area (Å²) in [7, 11) is 0. The van der Waals surface area contributed by atoms with Crippen molar-refractivity contribution in [3.05, 3.63) is 39.2 Å². The lowest BCUT2D eigenvalue weighted by molar-refractivity contribution is -0.384. The van der Waals surface area contributed by atoms with Crippen LogP contribution in [0.25, 0.3) is 5.82 Å². The van der Waals surface area contributed by atoms with E-state index in [0.717, 1.165) is 0 Å². The number of nitrogens with two attached hydrogens (primary N) is 1. The highest BCUT2D eigenvalue weighted by Gasteiger charge is 2.12. The van der Waals surface area contributed by atoms with Crippen molar-refractivity contribution >= 4 is 23.1 Å². The minimum Gasteiger partial charge on any atom is -0.383 e. The molecule has 88 valence electrons. The number of aromatic nitrogens is 3. The molecule has 7 nitrogen and oxygen atoms in total. The quantitative estimate of drug-likeness (QED) is 0.649. The molecule has 0 aliphatic rings. The molecule has 0 aliphatic carbocycles. The highest BCUT2D eigenvalue weighted by atomic mass is 35.5. The van der Waals surface area contributed by atoms with E-state index in [1.165, 1.54) is 23.0 Å². The molecule has 0 atom stereocenters. The Morgan fingerprint density at radius 1 is 1.53 bits per heavy atom. The summed E-state index contributed by atoms with van der Waals surface area (Å²) in [4.78, 5) is 14.1. The highest BCUT2D eigenvalue weighted by molar-refractivity contribution is 6.31. The van der Waals surface area contributed by atoms with Gasteiger partial charge in [-0.15, -0.1) is 0 Å². The van der Waals surface area contributed by atoms with E-state index in [-0.39, 0.29) is 17.3 Å². The maximum atomic E-state index is 10.7. The zero-order chi connectivity index (χ0) is 12.6. The number of nitrogen functional groups attached to an aromatic ring is 1. The Morgan fingerprint density at radius 2 is 2.24 bits per heavy atom. The van der Waals surface area contributed by atoms with Gasteiger partial charge in [0.15, 0.2) is 5.82 Å². The molecule has 17 heavy (non-hydrogen) atoms. The first-order valence-electron chi connectivity index (χ1n) is 4.61. The molecule has 2 aromatic heterocycles. The predicted octanol–water partition coefficient (Wildman–Crippen LogP) is 1.72. The maximum absolute atomic E-state index is 10.7. The van der Waals surface area contributed by atoms with Crippen LogP contribution in [-0.4, -0.2) is 19.7 Å². The van der Waals surface area contributed by atoms with Gasteiger partial charge in [0.05, 0.1) is 34.0 Å². The topological polar surface area (TPSA) is 99.9 Å². The van der Waals surface area contributed by atoms with Crippen LogP contribution in [0.5, 0.6) is 0 Å². The van der Waals surface area contributed by atoms with Gasteiger partial charge in [-0.2, -0.15) is 5.10 Å². The van der Waals surface area contributed by atoms with Gasteiger partial charge in [0.1, 0.15) is 5.82 Å². The minimum atomic E-state index is -0.542. The number of hydrogen-bond donors (Lipinski definition) is 1. The summed E-state index contributed by atoms with van der Waals surface area (Å²) in [6.45, 7) is 1.72. The molecule has 0 unspecified atom stereocenters. The van der Waals surface area contributed by atoms with E-state index in [4.69, 9.17) is 17.3 Å². The molecule has 2 aromatic rings. The summed E-state index contributed by atoms with van der Waals surface area (Å²) < 4.78 is 1.35. The normalized spacial score (nSPS) is 10.5. The fourth-order valence-corrected chi connectivity index (χ4v) is 1.43. The maximum Gasteiger partial charge on any atom is 0.276 e. The Balaban J connectivity index is 2.55. The molecule has 0 fully saturated rings. The smallest absolute Gasteiger partial charge is 0.276 e. The summed E-state index contributed by atoms with van der Waals surface area (Å²) in [6.07, 6.45) is 1.52. The zero-order valence-electron chi connectivity index (χ0n) is 8.79. The average molecular weight is 254 g/mol. The van der Waals surface area contributed by atoms with Crippen molar-refractivity contribution in [3.8, 4) is 5.82 Å². The first kappa shape index (κ1) is 11.3. The number of nitrogens with zero attached hydrogens (tertiary/aromatic N) is 4. The second-order valence-corrected chi connectivity index (χ2v) is 3.78. The molecule has 2 N–H and O–H groups in total. The summed E-state index contributed by atoms with van der Waals surface area (Å²) in [5.41, 5.74) is 5.96. The van der Waals surface area contributed by atoms with Crippen LogP contribution in [0.15, 0.2) is 18.3 Å². The van der Waals surface area contributed by atoms with Crippen LogP contribution in [-0.2, 0) is 0 Å². The van der Waals surface area contributed by atoms with E-state index >= 15 is 0 Å². The number of halogens is 1. The SMILES string of the molecule is Cc1nn(-c2cc([N+](=O)[O-])cc(N)n2)cc1Cl. The average Bonchev–Trinajstić information content (AvgIpc) is 2.58. The van der Waals surface area contributed by atoms with Gasteiger partial charge in [-0.1, -0.05) is 11.6 Å². The van der Waals surface area contributed by atoms with Gasteiger partial charge in [-0.3, -0.25) is 10.1 Å². The summed E-state index contributed by atoms with van der Waals surface area (Å²) in [5, 5.41) is 15.2. The molecule has 8 heteroatoms. The largest absolute Gasteiger partial charge is 0.383 e. The van der Waals surface area contributed by atoms with Gasteiger partial charge in [0.25, 0.3) is 5.69 Å². The van der Waals surface area contributed by atoms with E-state index in [9.17, 15) is 10.1 Å². The number of nitro groups is 1. The standard InChI is InChI=1S/C9H8ClN5O2/c1-5-7(10)4-14(13-5)9-3-6(15(16)17)2-8(11)12-9/h2-4H,1H3,(H2,11,12). The third-order valence-electron chi connectivity index (χ3n) is 2.10. The monoisotopic (exact) mass is 253 g/mol. The third-order valence-corrected chi connectivity index (χ3v) is 2.47. The Kier molecular flexibility index (Phi) is 2.68. The fraction of sp³-hybridized carbons (Fsp3) is 0.111. The van der Waals surface area contributed by atoms with Gasteiger partial charge in [0.2, 0.25) is 0 Å². The minimum absolute atomic E-state index is 0.0541. The molecule has 2 heterocycles. The van der Waals surface area contributed by atoms with Crippen LogP contribution < -0.4 is 5.73 Å². The van der Waals surface area contributed by atoms with E-state index < -0.39 is 4.92 Å². The van der Waals surface area contributed by atoms with Crippen molar-refractivity contribution in [1.29, 1.82) is 0 Å². The molecule has 0 amide bonds. The molecule has 0 radical (unpaired) electrons. The molecule has 0 aliphatic heterocycles. The van der Waals surface area contributed by atoms with E-state index in [1.807, 2.05) is 0 Å². The second-order valence-electron chi connectivity index (χ2n) is 3.37. The summed E-state index contributed by atoms with van der Waals surface area (Å²) in [5.74, 6) is 0.310. The molecule has 2 rings (SSSR count). The van der Waals surface area contributed by atoms with Gasteiger partial charge in [-0.25, -0.2) is 9.67 Å². The Labute approximate surface area is 101 Å². The summed E-state index contributed by atoms with van der Waals surface area (Å²) in [6, 6.07) is 2.46. The van der Waals surface area contributed by atoms with E-state index in [0.29, 0.717) is 10.7 Å². The van der Waals surface area contributed by atoms with Crippen LogP contribution in [0.4, 0.5) is 11.5 Å². The van der Waals surface area contributed by atoms with Crippen LogP contribution in [0, 0.1) is 17.0 Å². The lowest BCUT2D eigenvalue weighted by atomic mass is 10.4. The highest BCUT2D eigenvalue weighted by Crippen LogP contribution is 2.20. The van der Waals surface area contributed by atoms with Crippen LogP contribution in [0.3, 0.4) is 0 Å². The van der Waals surface area contributed by atoms with Crippen molar-refractivity contribution in [2.45, 2.75) is 6.92 Å². The van der Waals surface area contributed by atoms with Gasteiger partial charge < -0.3 is 5.73 Å². The number of rotatable bonds is 2. The van der Waals surface area contributed by atoms with Gasteiger partial charge in [-0.05, 0) is 6.92 Å². The van der Waals surface area contributed by atoms with Gasteiger partial charge >= 0.3 is 0 Å². The van der Waals surface area contributed by atoms with Crippen molar-refractivity contribution in [1.82, 2.24) is 14.8 Å². The molecular weight excluding hydrogens is 246 g/mol. The van der Waals surface area contributed by atoms with E-state index in [1.54, 1.807) is 6.92 Å².